The maximum atomic E-state index is 12.8. The highest BCUT2D eigenvalue weighted by molar-refractivity contribution is 5.71. The number of carbonyl (C=O) groups is 3. The number of hydrogen-bond donors (Lipinski definition) is 0. The second kappa shape index (κ2) is 53.9. The van der Waals surface area contributed by atoms with E-state index in [9.17, 15) is 14.4 Å². The SMILES string of the molecule is CC/C=C\C/C=C\C/C=C\C/C=C\C/C=C\C/C=C\CCC(=O)OC[C@@H](COC(=O)CCCCCCC/C=C\C/C=C\CCCCC)OC(=O)CCCC/C=C\C/C=C\C/C=C\C/C=C\CC. The lowest BCUT2D eigenvalue weighted by Crippen LogP contribution is -2.30. The summed E-state index contributed by atoms with van der Waals surface area (Å²) in [4.78, 5) is 38.0. The average molecular weight is 923 g/mol. The quantitative estimate of drug-likeness (QED) is 0.0262. The van der Waals surface area contributed by atoms with Crippen LogP contribution in [0, 0.1) is 0 Å². The predicted octanol–water partition coefficient (Wildman–Crippen LogP) is 17.6. The van der Waals surface area contributed by atoms with Crippen LogP contribution in [0.5, 0.6) is 0 Å². The second-order valence-electron chi connectivity index (χ2n) is 16.7. The van der Waals surface area contributed by atoms with E-state index in [2.05, 4.69) is 154 Å². The third-order valence-electron chi connectivity index (χ3n) is 10.3. The van der Waals surface area contributed by atoms with Crippen molar-refractivity contribution in [3.63, 3.8) is 0 Å². The first-order valence-corrected chi connectivity index (χ1v) is 26.3. The van der Waals surface area contributed by atoms with Gasteiger partial charge in [0.2, 0.25) is 0 Å². The van der Waals surface area contributed by atoms with Crippen LogP contribution in [0.4, 0.5) is 0 Å². The second-order valence-corrected chi connectivity index (χ2v) is 16.7. The van der Waals surface area contributed by atoms with Crippen LogP contribution in [-0.2, 0) is 28.6 Å². The van der Waals surface area contributed by atoms with Crippen molar-refractivity contribution in [3.8, 4) is 0 Å². The Morgan fingerprint density at radius 1 is 0.313 bits per heavy atom. The fourth-order valence-electron chi connectivity index (χ4n) is 6.43. The van der Waals surface area contributed by atoms with Crippen LogP contribution in [0.1, 0.15) is 201 Å². The predicted molar refractivity (Wildman–Crippen MR) is 288 cm³/mol. The zero-order chi connectivity index (χ0) is 48.6. The minimum atomic E-state index is -0.842. The summed E-state index contributed by atoms with van der Waals surface area (Å²) in [6.45, 7) is 6.24. The minimum Gasteiger partial charge on any atom is -0.462 e. The smallest absolute Gasteiger partial charge is 0.306 e. The molecule has 0 radical (unpaired) electrons. The maximum Gasteiger partial charge on any atom is 0.306 e. The molecular weight excluding hydrogens is 829 g/mol. The Hall–Kier alpha value is -4.71. The first-order valence-electron chi connectivity index (χ1n) is 26.3. The molecule has 0 aromatic carbocycles. The van der Waals surface area contributed by atoms with E-state index in [0.29, 0.717) is 19.3 Å². The summed E-state index contributed by atoms with van der Waals surface area (Å²) in [5, 5.41) is 0. The number of rotatable bonds is 45. The molecule has 6 heteroatoms. The van der Waals surface area contributed by atoms with E-state index in [1.807, 2.05) is 12.2 Å². The summed E-state index contributed by atoms with van der Waals surface area (Å²) < 4.78 is 16.7. The highest BCUT2D eigenvalue weighted by atomic mass is 16.6. The lowest BCUT2D eigenvalue weighted by molar-refractivity contribution is -0.166. The van der Waals surface area contributed by atoms with E-state index in [-0.39, 0.29) is 44.0 Å². The standard InChI is InChI=1S/C61H94O6/c1-4-7-10-13-16-19-22-25-28-29-30-31-34-36-39-42-45-48-51-54-60(63)66-57-58(67-61(64)55-52-49-46-43-40-37-33-27-24-21-18-15-12-9-6-3)56-65-59(62)53-50-47-44-41-38-35-32-26-23-20-17-14-11-8-5-2/h7,9-10,12,16-21,25-28,30-33,36,39-40,43,45,48,58H,4-6,8,11,13-15,22-24,29,34-35,37-38,41-42,44,46-47,49-57H2,1-3H3/b10-7-,12-9-,19-16-,20-17-,21-18-,28-25-,31-30-,32-26-,33-27-,39-36-,43-40-,48-45-/t58-/m1/s1. The lowest BCUT2D eigenvalue weighted by atomic mass is 10.1. The van der Waals surface area contributed by atoms with E-state index in [1.165, 1.54) is 25.7 Å². The monoisotopic (exact) mass is 923 g/mol. The molecule has 374 valence electrons. The summed E-state index contributed by atoms with van der Waals surface area (Å²) in [7, 11) is 0. The molecule has 0 aliphatic carbocycles. The number of hydrogen-bond acceptors (Lipinski definition) is 6. The van der Waals surface area contributed by atoms with Gasteiger partial charge in [0.05, 0.1) is 0 Å². The molecule has 1 atom stereocenters. The van der Waals surface area contributed by atoms with E-state index in [4.69, 9.17) is 14.2 Å². The Morgan fingerprint density at radius 2 is 0.612 bits per heavy atom. The third-order valence-corrected chi connectivity index (χ3v) is 10.3. The van der Waals surface area contributed by atoms with Gasteiger partial charge in [0, 0.05) is 19.3 Å². The van der Waals surface area contributed by atoms with Gasteiger partial charge in [-0.15, -0.1) is 0 Å². The van der Waals surface area contributed by atoms with Gasteiger partial charge in [0.25, 0.3) is 0 Å². The van der Waals surface area contributed by atoms with E-state index in [0.717, 1.165) is 122 Å². The van der Waals surface area contributed by atoms with E-state index in [1.54, 1.807) is 0 Å². The van der Waals surface area contributed by atoms with E-state index >= 15 is 0 Å². The molecule has 0 spiro atoms. The Labute approximate surface area is 410 Å². The van der Waals surface area contributed by atoms with Crippen LogP contribution in [0.15, 0.2) is 146 Å². The maximum absolute atomic E-state index is 12.8. The van der Waals surface area contributed by atoms with Gasteiger partial charge in [-0.05, 0) is 128 Å². The van der Waals surface area contributed by atoms with Gasteiger partial charge >= 0.3 is 17.9 Å². The van der Waals surface area contributed by atoms with Crippen molar-refractivity contribution < 1.29 is 28.6 Å². The third kappa shape index (κ3) is 52.1. The van der Waals surface area contributed by atoms with Gasteiger partial charge < -0.3 is 14.2 Å². The first kappa shape index (κ1) is 62.3. The lowest BCUT2D eigenvalue weighted by Gasteiger charge is -2.18. The summed E-state index contributed by atoms with van der Waals surface area (Å²) >= 11 is 0. The molecule has 0 saturated carbocycles. The zero-order valence-electron chi connectivity index (χ0n) is 42.6. The van der Waals surface area contributed by atoms with Crippen LogP contribution in [0.2, 0.25) is 0 Å². The molecule has 0 N–H and O–H groups in total. The molecule has 0 fully saturated rings. The average Bonchev–Trinajstić information content (AvgIpc) is 3.33. The number of allylic oxidation sites excluding steroid dienone is 24. The molecule has 67 heavy (non-hydrogen) atoms. The van der Waals surface area contributed by atoms with Crippen molar-refractivity contribution in [1.29, 1.82) is 0 Å². The van der Waals surface area contributed by atoms with Gasteiger partial charge in [-0.2, -0.15) is 0 Å². The molecule has 0 unspecified atom stereocenters. The molecule has 0 rings (SSSR count). The molecule has 0 aromatic rings. The fourth-order valence-corrected chi connectivity index (χ4v) is 6.43. The van der Waals surface area contributed by atoms with Crippen LogP contribution in [0.25, 0.3) is 0 Å². The Bertz CT molecular complexity index is 1530. The molecule has 0 saturated heterocycles. The molecular formula is C61H94O6. The van der Waals surface area contributed by atoms with Gasteiger partial charge in [0.15, 0.2) is 6.10 Å². The topological polar surface area (TPSA) is 78.9 Å². The molecule has 0 heterocycles. The van der Waals surface area contributed by atoms with Crippen LogP contribution < -0.4 is 0 Å². The molecule has 0 aromatic heterocycles. The van der Waals surface area contributed by atoms with Crippen molar-refractivity contribution in [3.05, 3.63) is 146 Å². The fraction of sp³-hybridized carbons (Fsp3) is 0.557. The van der Waals surface area contributed by atoms with Gasteiger partial charge in [-0.1, -0.05) is 199 Å². The van der Waals surface area contributed by atoms with Gasteiger partial charge in [0.1, 0.15) is 13.2 Å². The number of ether oxygens (including phenoxy) is 3. The summed E-state index contributed by atoms with van der Waals surface area (Å²) in [5.74, 6) is -1.09. The number of carbonyl (C=O) groups excluding carboxylic acids is 3. The molecule has 0 bridgehead atoms. The molecule has 0 aliphatic rings. The molecule has 0 amide bonds. The normalized spacial score (nSPS) is 13.3. The highest BCUT2D eigenvalue weighted by Gasteiger charge is 2.19. The molecule has 6 nitrogen and oxygen atoms in total. The Kier molecular flexibility index (Phi) is 50.1. The van der Waals surface area contributed by atoms with E-state index < -0.39 is 6.10 Å². The van der Waals surface area contributed by atoms with Gasteiger partial charge in [-0.25, -0.2) is 0 Å². The van der Waals surface area contributed by atoms with Crippen LogP contribution in [-0.4, -0.2) is 37.2 Å². The summed E-state index contributed by atoms with van der Waals surface area (Å²) in [5.41, 5.74) is 0. The number of esters is 3. The molecule has 0 aliphatic heterocycles. The van der Waals surface area contributed by atoms with Crippen LogP contribution >= 0.6 is 0 Å². The Morgan fingerprint density at radius 3 is 1.03 bits per heavy atom. The Balaban J connectivity index is 4.62. The van der Waals surface area contributed by atoms with Crippen molar-refractivity contribution in [2.75, 3.05) is 13.2 Å². The number of unbranched alkanes of at least 4 members (excludes halogenated alkanes) is 10. The zero-order valence-corrected chi connectivity index (χ0v) is 42.6. The van der Waals surface area contributed by atoms with Gasteiger partial charge in [-0.3, -0.25) is 14.4 Å². The van der Waals surface area contributed by atoms with Crippen LogP contribution in [0.3, 0.4) is 0 Å². The minimum absolute atomic E-state index is 0.132. The highest BCUT2D eigenvalue weighted by Crippen LogP contribution is 2.11. The summed E-state index contributed by atoms with van der Waals surface area (Å²) in [6.07, 6.45) is 77.0. The largest absolute Gasteiger partial charge is 0.462 e. The van der Waals surface area contributed by atoms with Crippen molar-refractivity contribution in [2.24, 2.45) is 0 Å². The van der Waals surface area contributed by atoms with Crippen molar-refractivity contribution in [2.45, 2.75) is 207 Å². The van der Waals surface area contributed by atoms with Crippen molar-refractivity contribution in [1.82, 2.24) is 0 Å². The first-order chi connectivity index (χ1) is 33.0. The van der Waals surface area contributed by atoms with Crippen molar-refractivity contribution >= 4 is 17.9 Å². The summed E-state index contributed by atoms with van der Waals surface area (Å²) in [6, 6.07) is 0.